The second-order valence-electron chi connectivity index (χ2n) is 8.36. The van der Waals surface area contributed by atoms with Gasteiger partial charge < -0.3 is 10.8 Å². The summed E-state index contributed by atoms with van der Waals surface area (Å²) < 4.78 is 16.4. The summed E-state index contributed by atoms with van der Waals surface area (Å²) in [6.45, 7) is 0.364. The van der Waals surface area contributed by atoms with Gasteiger partial charge in [0, 0.05) is 5.56 Å². The summed E-state index contributed by atoms with van der Waals surface area (Å²) in [6.07, 6.45) is 10.5. The lowest BCUT2D eigenvalue weighted by molar-refractivity contribution is 0.0397. The summed E-state index contributed by atoms with van der Waals surface area (Å²) >= 11 is 0. The fraction of sp³-hybridized carbons (Fsp3) is 0.240. The fourth-order valence-electron chi connectivity index (χ4n) is 4.28. The molecule has 1 fully saturated rings. The quantitative estimate of drug-likeness (QED) is 0.444. The van der Waals surface area contributed by atoms with Gasteiger partial charge in [-0.05, 0) is 43.2 Å². The highest BCUT2D eigenvalue weighted by molar-refractivity contribution is 5.69. The van der Waals surface area contributed by atoms with E-state index < -0.39 is 11.4 Å². The Kier molecular flexibility index (Phi) is 5.51. The van der Waals surface area contributed by atoms with Crippen LogP contribution in [0, 0.1) is 18.2 Å². The van der Waals surface area contributed by atoms with Crippen LogP contribution in [-0.2, 0) is 12.1 Å². The number of aromatic nitrogens is 6. The highest BCUT2D eigenvalue weighted by Crippen LogP contribution is 2.37. The molecule has 1 aromatic carbocycles. The first-order chi connectivity index (χ1) is 16.4. The molecule has 0 bridgehead atoms. The maximum Gasteiger partial charge on any atom is 0.221 e. The summed E-state index contributed by atoms with van der Waals surface area (Å²) in [4.78, 5) is 13.1. The lowest BCUT2D eigenvalue weighted by atomic mass is 9.97. The van der Waals surface area contributed by atoms with Crippen LogP contribution in [0.5, 0.6) is 0 Å². The van der Waals surface area contributed by atoms with Crippen LogP contribution in [0.2, 0.25) is 0 Å². The topological polar surface area (TPSA) is 116 Å². The highest BCUT2D eigenvalue weighted by atomic mass is 19.1. The fourth-order valence-corrected chi connectivity index (χ4v) is 4.28. The van der Waals surface area contributed by atoms with Crippen molar-refractivity contribution in [3.63, 3.8) is 0 Å². The van der Waals surface area contributed by atoms with Gasteiger partial charge in [-0.1, -0.05) is 36.1 Å². The predicted octanol–water partition coefficient (Wildman–Crippen LogP) is 3.31. The van der Waals surface area contributed by atoms with Crippen molar-refractivity contribution in [3.8, 4) is 35.0 Å². The molecule has 3 aromatic heterocycles. The molecule has 8 nitrogen and oxygen atoms in total. The molecule has 0 radical (unpaired) electrons. The normalized spacial score (nSPS) is 14.7. The van der Waals surface area contributed by atoms with Gasteiger partial charge in [0.25, 0.3) is 0 Å². The molecule has 34 heavy (non-hydrogen) atoms. The molecule has 3 heterocycles. The molecule has 0 atom stereocenters. The minimum atomic E-state index is -0.857. The Balaban J connectivity index is 1.42. The van der Waals surface area contributed by atoms with E-state index in [2.05, 4.69) is 31.2 Å². The van der Waals surface area contributed by atoms with E-state index in [0.717, 1.165) is 31.4 Å². The lowest BCUT2D eigenvalue weighted by Crippen LogP contribution is -2.23. The number of hydrogen-bond donors (Lipinski definition) is 2. The Bertz CT molecular complexity index is 1400. The smallest absolute Gasteiger partial charge is 0.221 e. The first kappa shape index (κ1) is 21.7. The zero-order valence-electron chi connectivity index (χ0n) is 18.3. The van der Waals surface area contributed by atoms with E-state index >= 15 is 0 Å². The molecule has 1 aliphatic carbocycles. The largest absolute Gasteiger partial charge is 0.384 e. The van der Waals surface area contributed by atoms with Crippen molar-refractivity contribution in [2.24, 2.45) is 0 Å². The van der Waals surface area contributed by atoms with Crippen molar-refractivity contribution in [1.82, 2.24) is 29.9 Å². The van der Waals surface area contributed by atoms with Gasteiger partial charge in [-0.25, -0.2) is 19.0 Å². The SMILES string of the molecule is C#Cc1cccc(-c2cc(-c3cn(Cc4cccc(C5(O)CCCC5)n4)nn3)nc(N)n2)c1F. The summed E-state index contributed by atoms with van der Waals surface area (Å²) in [5, 5.41) is 19.2. The van der Waals surface area contributed by atoms with Crippen LogP contribution in [0.15, 0.2) is 48.7 Å². The molecule has 4 aromatic rings. The molecule has 0 spiro atoms. The predicted molar refractivity (Wildman–Crippen MR) is 124 cm³/mol. The first-order valence-electron chi connectivity index (χ1n) is 10.9. The average molecular weight is 455 g/mol. The van der Waals surface area contributed by atoms with Gasteiger partial charge in [0.1, 0.15) is 17.1 Å². The van der Waals surface area contributed by atoms with Gasteiger partial charge in [0.15, 0.2) is 0 Å². The third-order valence-electron chi connectivity index (χ3n) is 6.01. The summed E-state index contributed by atoms with van der Waals surface area (Å²) in [6, 6.07) is 12.0. The highest BCUT2D eigenvalue weighted by Gasteiger charge is 2.34. The number of nitrogens with two attached hydrogens (primary N) is 1. The van der Waals surface area contributed by atoms with E-state index in [1.54, 1.807) is 29.1 Å². The van der Waals surface area contributed by atoms with Crippen molar-refractivity contribution >= 4 is 5.95 Å². The van der Waals surface area contributed by atoms with E-state index in [4.69, 9.17) is 12.2 Å². The minimum Gasteiger partial charge on any atom is -0.384 e. The molecule has 9 heteroatoms. The third-order valence-corrected chi connectivity index (χ3v) is 6.01. The number of pyridine rings is 1. The molecular weight excluding hydrogens is 433 g/mol. The average Bonchev–Trinajstić information content (AvgIpc) is 3.49. The lowest BCUT2D eigenvalue weighted by Gasteiger charge is -2.21. The third kappa shape index (κ3) is 4.11. The number of aliphatic hydroxyl groups is 1. The first-order valence-corrected chi connectivity index (χ1v) is 10.9. The van der Waals surface area contributed by atoms with E-state index in [9.17, 15) is 9.50 Å². The molecule has 0 saturated heterocycles. The number of halogens is 1. The zero-order chi connectivity index (χ0) is 23.7. The summed E-state index contributed by atoms with van der Waals surface area (Å²) in [5.74, 6) is 1.75. The van der Waals surface area contributed by atoms with Crippen LogP contribution in [0.3, 0.4) is 0 Å². The number of nitrogen functional groups attached to an aromatic ring is 1. The minimum absolute atomic E-state index is 0.0215. The monoisotopic (exact) mass is 455 g/mol. The Hall–Kier alpha value is -4.16. The van der Waals surface area contributed by atoms with Gasteiger partial charge in [-0.2, -0.15) is 0 Å². The Morgan fingerprint density at radius 1 is 1.06 bits per heavy atom. The van der Waals surface area contributed by atoms with Gasteiger partial charge in [-0.3, -0.25) is 4.98 Å². The maximum atomic E-state index is 14.7. The Labute approximate surface area is 195 Å². The second-order valence-corrected chi connectivity index (χ2v) is 8.36. The van der Waals surface area contributed by atoms with E-state index in [1.165, 1.54) is 6.07 Å². The number of terminal acetylenes is 1. The number of benzene rings is 1. The van der Waals surface area contributed by atoms with Crippen molar-refractivity contribution in [3.05, 3.63) is 71.4 Å². The van der Waals surface area contributed by atoms with Gasteiger partial charge in [0.05, 0.1) is 41.1 Å². The summed E-state index contributed by atoms with van der Waals surface area (Å²) in [7, 11) is 0. The molecular formula is C25H22FN7O. The van der Waals surface area contributed by atoms with Crippen molar-refractivity contribution in [2.45, 2.75) is 37.8 Å². The molecule has 1 aliphatic rings. The zero-order valence-corrected chi connectivity index (χ0v) is 18.3. The number of hydrogen-bond acceptors (Lipinski definition) is 7. The molecule has 3 N–H and O–H groups in total. The van der Waals surface area contributed by atoms with Crippen LogP contribution >= 0.6 is 0 Å². The van der Waals surface area contributed by atoms with Crippen LogP contribution in [0.1, 0.15) is 42.6 Å². The standard InChI is InChI=1S/C25H22FN7O/c1-2-16-7-5-9-18(23(16)26)19-13-20(30-24(27)29-19)21-15-33(32-31-21)14-17-8-6-10-22(28-17)25(34)11-3-4-12-25/h1,5-10,13,15,34H,3-4,11-12,14H2,(H2,27,29,30). The molecule has 0 amide bonds. The Morgan fingerprint density at radius 3 is 2.62 bits per heavy atom. The van der Waals surface area contributed by atoms with Crippen molar-refractivity contribution < 1.29 is 9.50 Å². The second kappa shape index (κ2) is 8.65. The number of nitrogens with zero attached hydrogens (tertiary/aromatic N) is 6. The molecule has 0 unspecified atom stereocenters. The van der Waals surface area contributed by atoms with Crippen LogP contribution in [0.4, 0.5) is 10.3 Å². The summed E-state index contributed by atoms with van der Waals surface area (Å²) in [5.41, 5.74) is 8.00. The molecule has 1 saturated carbocycles. The van der Waals surface area contributed by atoms with Crippen molar-refractivity contribution in [2.75, 3.05) is 5.73 Å². The van der Waals surface area contributed by atoms with Crippen LogP contribution < -0.4 is 5.73 Å². The van der Waals surface area contributed by atoms with Crippen molar-refractivity contribution in [1.29, 1.82) is 0 Å². The van der Waals surface area contributed by atoms with Gasteiger partial charge >= 0.3 is 0 Å². The molecule has 5 rings (SSSR count). The maximum absolute atomic E-state index is 14.7. The van der Waals surface area contributed by atoms with Crippen LogP contribution in [0.25, 0.3) is 22.6 Å². The molecule has 0 aliphatic heterocycles. The van der Waals surface area contributed by atoms with E-state index in [-0.39, 0.29) is 17.1 Å². The number of rotatable bonds is 5. The molecule has 170 valence electrons. The van der Waals surface area contributed by atoms with Crippen LogP contribution in [-0.4, -0.2) is 35.1 Å². The van der Waals surface area contributed by atoms with E-state index in [1.807, 2.05) is 18.2 Å². The van der Waals surface area contributed by atoms with Gasteiger partial charge in [0.2, 0.25) is 5.95 Å². The van der Waals surface area contributed by atoms with E-state index in [0.29, 0.717) is 29.3 Å². The van der Waals surface area contributed by atoms with Gasteiger partial charge in [-0.15, -0.1) is 11.5 Å². The number of anilines is 1. The Morgan fingerprint density at radius 2 is 1.82 bits per heavy atom.